The van der Waals surface area contributed by atoms with Crippen molar-refractivity contribution >= 4 is 0 Å². The topological polar surface area (TPSA) is 127 Å². The minimum absolute atomic E-state index is 0.0172. The summed E-state index contributed by atoms with van der Waals surface area (Å²) in [5, 5.41) is 10.8. The Kier molecular flexibility index (Phi) is 4.42. The van der Waals surface area contributed by atoms with E-state index in [1.165, 1.54) is 35.3 Å². The second-order valence-electron chi connectivity index (χ2n) is 7.28. The molecule has 1 aliphatic rings. The molecular weight excluding hydrogens is 408 g/mol. The number of para-hydroxylation sites is 1. The molecule has 4 rings (SSSR count). The molecule has 11 heteroatoms. The predicted molar refractivity (Wildman–Crippen MR) is 110 cm³/mol. The Hall–Kier alpha value is -4.02. The van der Waals surface area contributed by atoms with E-state index in [-0.39, 0.29) is 22.8 Å². The van der Waals surface area contributed by atoms with Crippen LogP contribution in [-0.2, 0) is 28.2 Å². The first-order valence-electron chi connectivity index (χ1n) is 9.25. The van der Waals surface area contributed by atoms with Gasteiger partial charge in [-0.15, -0.1) is 0 Å². The van der Waals surface area contributed by atoms with Crippen LogP contribution in [0.3, 0.4) is 0 Å². The van der Waals surface area contributed by atoms with E-state index in [9.17, 15) is 24.3 Å². The molecule has 2 aromatic heterocycles. The van der Waals surface area contributed by atoms with Crippen LogP contribution < -0.4 is 32.0 Å². The number of nitrogens with zero attached hydrogens (tertiary/aromatic N) is 4. The lowest BCUT2D eigenvalue weighted by atomic mass is 9.84. The van der Waals surface area contributed by atoms with Crippen molar-refractivity contribution in [2.75, 3.05) is 7.11 Å². The summed E-state index contributed by atoms with van der Waals surface area (Å²) >= 11 is 0. The average Bonchev–Trinajstić information content (AvgIpc) is 2.77. The molecule has 1 N–H and O–H groups in total. The van der Waals surface area contributed by atoms with E-state index in [0.29, 0.717) is 11.3 Å². The van der Waals surface area contributed by atoms with Crippen molar-refractivity contribution in [2.45, 2.75) is 5.92 Å². The highest BCUT2D eigenvalue weighted by molar-refractivity contribution is 5.61. The molecule has 0 bridgehead atoms. The van der Waals surface area contributed by atoms with E-state index in [1.807, 2.05) is 0 Å². The Morgan fingerprint density at radius 1 is 0.871 bits per heavy atom. The fourth-order valence-electron chi connectivity index (χ4n) is 3.92. The summed E-state index contributed by atoms with van der Waals surface area (Å²) < 4.78 is 15.1. The zero-order valence-corrected chi connectivity index (χ0v) is 17.5. The third-order valence-corrected chi connectivity index (χ3v) is 5.63. The fraction of sp³-hybridized carbons (Fsp3) is 0.300. The smallest absolute Gasteiger partial charge is 0.333 e. The molecule has 0 amide bonds. The highest BCUT2D eigenvalue weighted by Crippen LogP contribution is 2.49. The van der Waals surface area contributed by atoms with Gasteiger partial charge in [0.1, 0.15) is 0 Å². The maximum atomic E-state index is 13.2. The monoisotopic (exact) mass is 428 g/mol. The molecule has 1 aliphatic heterocycles. The molecule has 0 fully saturated rings. The largest absolute Gasteiger partial charge is 0.494 e. The van der Waals surface area contributed by atoms with Crippen molar-refractivity contribution in [3.8, 4) is 23.3 Å². The van der Waals surface area contributed by atoms with Gasteiger partial charge in [-0.25, -0.2) is 9.59 Å². The number of methoxy groups -OCH3 is 1. The second kappa shape index (κ2) is 6.76. The number of fused-ring (bicyclic) bond motifs is 2. The fourth-order valence-corrected chi connectivity index (χ4v) is 3.92. The molecule has 3 heterocycles. The summed E-state index contributed by atoms with van der Waals surface area (Å²) in [5.74, 6) is -1.28. The quantitative estimate of drug-likeness (QED) is 0.455. The molecular formula is C20H20N4O7. The van der Waals surface area contributed by atoms with E-state index in [2.05, 4.69) is 0 Å². The summed E-state index contributed by atoms with van der Waals surface area (Å²) in [6, 6.07) is 4.90. The first-order chi connectivity index (χ1) is 14.6. The van der Waals surface area contributed by atoms with Crippen molar-refractivity contribution in [3.05, 3.63) is 76.6 Å². The summed E-state index contributed by atoms with van der Waals surface area (Å²) in [4.78, 5) is 51.1. The van der Waals surface area contributed by atoms with Gasteiger partial charge >= 0.3 is 11.4 Å². The van der Waals surface area contributed by atoms with Gasteiger partial charge in [0.05, 0.1) is 24.2 Å². The van der Waals surface area contributed by atoms with Crippen molar-refractivity contribution < 1.29 is 14.6 Å². The van der Waals surface area contributed by atoms with Gasteiger partial charge in [0.15, 0.2) is 11.5 Å². The number of rotatable bonds is 2. The summed E-state index contributed by atoms with van der Waals surface area (Å²) in [6.07, 6.45) is 0. The van der Waals surface area contributed by atoms with Crippen LogP contribution in [0.5, 0.6) is 23.3 Å². The maximum Gasteiger partial charge on any atom is 0.333 e. The zero-order chi connectivity index (χ0) is 22.8. The number of ether oxygens (including phenoxy) is 2. The van der Waals surface area contributed by atoms with Crippen molar-refractivity contribution in [1.82, 2.24) is 18.3 Å². The molecule has 3 aromatic rings. The van der Waals surface area contributed by atoms with Gasteiger partial charge in [-0.1, -0.05) is 12.1 Å². The maximum absolute atomic E-state index is 13.2. The van der Waals surface area contributed by atoms with Gasteiger partial charge in [0, 0.05) is 33.8 Å². The molecule has 31 heavy (non-hydrogen) atoms. The number of hydrogen-bond acceptors (Lipinski definition) is 7. The van der Waals surface area contributed by atoms with Gasteiger partial charge < -0.3 is 14.6 Å². The first-order valence-corrected chi connectivity index (χ1v) is 9.25. The Morgan fingerprint density at radius 3 is 2.06 bits per heavy atom. The molecule has 162 valence electrons. The Morgan fingerprint density at radius 2 is 1.45 bits per heavy atom. The average molecular weight is 428 g/mol. The van der Waals surface area contributed by atoms with Crippen LogP contribution >= 0.6 is 0 Å². The minimum Gasteiger partial charge on any atom is -0.494 e. The van der Waals surface area contributed by atoms with Crippen LogP contribution in [0.4, 0.5) is 0 Å². The van der Waals surface area contributed by atoms with Crippen LogP contribution in [-0.4, -0.2) is 30.5 Å². The van der Waals surface area contributed by atoms with Crippen LogP contribution in [0.2, 0.25) is 0 Å². The Labute approximate surface area is 174 Å². The lowest BCUT2D eigenvalue weighted by molar-refractivity contribution is 0.345. The molecule has 0 radical (unpaired) electrons. The highest BCUT2D eigenvalue weighted by atomic mass is 16.5. The lowest BCUT2D eigenvalue weighted by Crippen LogP contribution is -2.44. The van der Waals surface area contributed by atoms with Gasteiger partial charge in [-0.2, -0.15) is 0 Å². The molecule has 0 spiro atoms. The van der Waals surface area contributed by atoms with Gasteiger partial charge in [0.2, 0.25) is 11.8 Å². The summed E-state index contributed by atoms with van der Waals surface area (Å²) in [5.41, 5.74) is -2.66. The minimum atomic E-state index is -1.12. The normalized spacial score (nSPS) is 14.5. The Balaban J connectivity index is 2.26. The van der Waals surface area contributed by atoms with Crippen molar-refractivity contribution in [3.63, 3.8) is 0 Å². The van der Waals surface area contributed by atoms with Gasteiger partial charge in [-0.05, 0) is 6.07 Å². The predicted octanol–water partition coefficient (Wildman–Crippen LogP) is -0.518. The van der Waals surface area contributed by atoms with E-state index < -0.39 is 34.3 Å². The van der Waals surface area contributed by atoms with Crippen LogP contribution in [0.1, 0.15) is 22.6 Å². The standard InChI is InChI=1S/C20H20N4O7/c1-21-15(25)12(16(26)22(2)19(21)28)11-9-7-6-8-10(30-5)14(9)31-18-13(11)17(27)23(3)20(29)24(18)4/h6-8,11,25H,1-5H3/t11-/m1/s1. The summed E-state index contributed by atoms with van der Waals surface area (Å²) in [7, 11) is 6.75. The molecule has 0 saturated heterocycles. The van der Waals surface area contributed by atoms with E-state index in [4.69, 9.17) is 9.47 Å². The SMILES string of the molecule is COc1cccc2c1Oc1c(c(=O)n(C)c(=O)n1C)[C@H]2c1c(O)n(C)c(=O)n(C)c1=O. The Bertz CT molecular complexity index is 1460. The summed E-state index contributed by atoms with van der Waals surface area (Å²) in [6.45, 7) is 0. The number of aromatic hydroxyl groups is 1. The van der Waals surface area contributed by atoms with E-state index in [0.717, 1.165) is 18.3 Å². The molecule has 11 nitrogen and oxygen atoms in total. The number of aromatic nitrogens is 4. The second-order valence-corrected chi connectivity index (χ2v) is 7.28. The number of benzene rings is 1. The molecule has 0 unspecified atom stereocenters. The third-order valence-electron chi connectivity index (χ3n) is 5.63. The highest BCUT2D eigenvalue weighted by Gasteiger charge is 2.39. The lowest BCUT2D eigenvalue weighted by Gasteiger charge is -2.30. The first kappa shape index (κ1) is 20.3. The van der Waals surface area contributed by atoms with Crippen molar-refractivity contribution in [2.24, 2.45) is 28.2 Å². The zero-order valence-electron chi connectivity index (χ0n) is 17.5. The molecule has 1 atom stereocenters. The van der Waals surface area contributed by atoms with Crippen LogP contribution in [0.15, 0.2) is 37.4 Å². The number of hydrogen-bond donors (Lipinski definition) is 1. The van der Waals surface area contributed by atoms with Crippen molar-refractivity contribution in [1.29, 1.82) is 0 Å². The van der Waals surface area contributed by atoms with Gasteiger partial charge in [0.25, 0.3) is 11.1 Å². The molecule has 1 aromatic carbocycles. The van der Waals surface area contributed by atoms with Crippen LogP contribution in [0, 0.1) is 0 Å². The van der Waals surface area contributed by atoms with Crippen LogP contribution in [0.25, 0.3) is 0 Å². The molecule has 0 saturated carbocycles. The van der Waals surface area contributed by atoms with E-state index >= 15 is 0 Å². The van der Waals surface area contributed by atoms with E-state index in [1.54, 1.807) is 18.2 Å². The molecule has 0 aliphatic carbocycles. The third kappa shape index (κ3) is 2.59. The van der Waals surface area contributed by atoms with Gasteiger partial charge in [-0.3, -0.25) is 27.9 Å².